The van der Waals surface area contributed by atoms with Crippen molar-refractivity contribution in [2.45, 2.75) is 4.90 Å². The van der Waals surface area contributed by atoms with Crippen LogP contribution >= 0.6 is 0 Å². The molecule has 0 amide bonds. The fourth-order valence-corrected chi connectivity index (χ4v) is 3.25. The third kappa shape index (κ3) is 6.87. The van der Waals surface area contributed by atoms with E-state index in [1.54, 1.807) is 13.1 Å². The van der Waals surface area contributed by atoms with Crippen LogP contribution in [0.4, 0.5) is 0 Å². The van der Waals surface area contributed by atoms with E-state index in [4.69, 9.17) is 4.74 Å². The summed E-state index contributed by atoms with van der Waals surface area (Å²) in [5.41, 5.74) is 0. The summed E-state index contributed by atoms with van der Waals surface area (Å²) in [5.74, 6) is 1.48. The average molecular weight is 391 g/mol. The zero-order valence-electron chi connectivity index (χ0n) is 15.5. The highest BCUT2D eigenvalue weighted by Crippen LogP contribution is 2.07. The second-order valence-electron chi connectivity index (χ2n) is 5.64. The first kappa shape index (κ1) is 20.7. The first-order chi connectivity index (χ1) is 13.0. The molecule has 0 saturated heterocycles. The molecule has 0 atom stereocenters. The van der Waals surface area contributed by atoms with Crippen molar-refractivity contribution in [3.8, 4) is 5.75 Å². The number of nitrogens with zero attached hydrogens (tertiary/aromatic N) is 3. The van der Waals surface area contributed by atoms with E-state index in [9.17, 15) is 8.42 Å². The highest BCUT2D eigenvalue weighted by atomic mass is 32.2. The van der Waals surface area contributed by atoms with Crippen LogP contribution in [-0.4, -0.2) is 64.6 Å². The Hall–Kier alpha value is -2.65. The number of aromatic nitrogens is 1. The monoisotopic (exact) mass is 391 g/mol. The minimum Gasteiger partial charge on any atom is -0.492 e. The van der Waals surface area contributed by atoms with Gasteiger partial charge in [0, 0.05) is 39.6 Å². The van der Waals surface area contributed by atoms with Crippen molar-refractivity contribution in [2.75, 3.05) is 40.3 Å². The molecule has 0 unspecified atom stereocenters. The molecule has 0 aliphatic heterocycles. The highest BCUT2D eigenvalue weighted by molar-refractivity contribution is 7.89. The first-order valence-corrected chi connectivity index (χ1v) is 10.0. The van der Waals surface area contributed by atoms with Gasteiger partial charge in [-0.25, -0.2) is 13.1 Å². The molecule has 2 aromatic rings. The van der Waals surface area contributed by atoms with E-state index < -0.39 is 10.0 Å². The molecule has 1 aromatic carbocycles. The summed E-state index contributed by atoms with van der Waals surface area (Å²) in [6, 6.07) is 12.7. The molecule has 0 spiro atoms. The van der Waals surface area contributed by atoms with E-state index in [0.717, 1.165) is 5.75 Å². The van der Waals surface area contributed by atoms with Crippen molar-refractivity contribution in [2.24, 2.45) is 4.99 Å². The van der Waals surface area contributed by atoms with Crippen LogP contribution in [0, 0.1) is 0 Å². The van der Waals surface area contributed by atoms with Crippen molar-refractivity contribution < 1.29 is 13.2 Å². The Balaban J connectivity index is 1.71. The number of hydrogen-bond donors (Lipinski definition) is 2. The predicted octanol–water partition coefficient (Wildman–Crippen LogP) is 0.946. The van der Waals surface area contributed by atoms with Crippen LogP contribution in [0.3, 0.4) is 0 Å². The van der Waals surface area contributed by atoms with Gasteiger partial charge in [-0.1, -0.05) is 18.2 Å². The predicted molar refractivity (Wildman–Crippen MR) is 105 cm³/mol. The lowest BCUT2D eigenvalue weighted by Crippen LogP contribution is -2.43. The largest absolute Gasteiger partial charge is 0.492 e. The number of guanidine groups is 1. The molecule has 146 valence electrons. The zero-order valence-corrected chi connectivity index (χ0v) is 16.3. The lowest BCUT2D eigenvalue weighted by molar-refractivity contribution is 0.281. The van der Waals surface area contributed by atoms with E-state index in [-0.39, 0.29) is 11.4 Å². The van der Waals surface area contributed by atoms with Gasteiger partial charge in [0.05, 0.1) is 6.54 Å². The SMILES string of the molecule is CN=C(NCCNS(=O)(=O)c1cccnc1)N(C)CCOc1ccccc1. The number of pyridine rings is 1. The number of rotatable bonds is 9. The fraction of sp³-hybridized carbons (Fsp3) is 0.333. The molecule has 0 radical (unpaired) electrons. The number of nitrogens with one attached hydrogen (secondary N) is 2. The summed E-state index contributed by atoms with van der Waals surface area (Å²) in [6.07, 6.45) is 2.84. The van der Waals surface area contributed by atoms with E-state index >= 15 is 0 Å². The van der Waals surface area contributed by atoms with Crippen LogP contribution < -0.4 is 14.8 Å². The maximum atomic E-state index is 12.1. The number of aliphatic imine (C=N–C) groups is 1. The van der Waals surface area contributed by atoms with Crippen molar-refractivity contribution in [3.63, 3.8) is 0 Å². The van der Waals surface area contributed by atoms with Crippen LogP contribution in [0.25, 0.3) is 0 Å². The standard InChI is InChI=1S/C18H25N5O3S/c1-19-18(23(2)13-14-26-16-7-4-3-5-8-16)21-11-12-22-27(24,25)17-9-6-10-20-15-17/h3-10,15,22H,11-14H2,1-2H3,(H,19,21). The van der Waals surface area contributed by atoms with Gasteiger partial charge >= 0.3 is 0 Å². The normalized spacial score (nSPS) is 11.9. The number of sulfonamides is 1. The maximum Gasteiger partial charge on any atom is 0.242 e. The minimum atomic E-state index is -3.56. The Kier molecular flexibility index (Phi) is 8.02. The summed E-state index contributed by atoms with van der Waals surface area (Å²) in [5, 5.41) is 3.12. The minimum absolute atomic E-state index is 0.143. The van der Waals surface area contributed by atoms with Crippen LogP contribution in [-0.2, 0) is 10.0 Å². The summed E-state index contributed by atoms with van der Waals surface area (Å²) in [7, 11) is 0.0136. The van der Waals surface area contributed by atoms with E-state index in [0.29, 0.717) is 25.7 Å². The van der Waals surface area contributed by atoms with Crippen molar-refractivity contribution in [1.29, 1.82) is 0 Å². The van der Waals surface area contributed by atoms with Gasteiger partial charge in [-0.3, -0.25) is 9.98 Å². The molecule has 1 heterocycles. The quantitative estimate of drug-likeness (QED) is 0.375. The molecular formula is C18H25N5O3S. The molecular weight excluding hydrogens is 366 g/mol. The molecule has 0 fully saturated rings. The van der Waals surface area contributed by atoms with Gasteiger partial charge in [0.1, 0.15) is 17.3 Å². The molecule has 0 bridgehead atoms. The number of para-hydroxylation sites is 1. The van der Waals surface area contributed by atoms with Crippen molar-refractivity contribution >= 4 is 16.0 Å². The van der Waals surface area contributed by atoms with Gasteiger partial charge in [-0.2, -0.15) is 0 Å². The van der Waals surface area contributed by atoms with Gasteiger partial charge in [-0.15, -0.1) is 0 Å². The second-order valence-corrected chi connectivity index (χ2v) is 7.41. The van der Waals surface area contributed by atoms with Gasteiger partial charge in [-0.05, 0) is 24.3 Å². The molecule has 0 aliphatic rings. The Morgan fingerprint density at radius 1 is 1.19 bits per heavy atom. The van der Waals surface area contributed by atoms with Crippen LogP contribution in [0.15, 0.2) is 64.7 Å². The Morgan fingerprint density at radius 2 is 1.96 bits per heavy atom. The fourth-order valence-electron chi connectivity index (χ4n) is 2.26. The maximum absolute atomic E-state index is 12.1. The molecule has 2 rings (SSSR count). The topological polar surface area (TPSA) is 95.9 Å². The van der Waals surface area contributed by atoms with Crippen molar-refractivity contribution in [3.05, 3.63) is 54.9 Å². The molecule has 9 heteroatoms. The molecule has 0 aliphatic carbocycles. The summed E-state index contributed by atoms with van der Waals surface area (Å²) in [6.45, 7) is 1.77. The van der Waals surface area contributed by atoms with E-state index in [1.165, 1.54) is 18.5 Å². The third-order valence-corrected chi connectivity index (χ3v) is 5.10. The number of ether oxygens (including phenoxy) is 1. The molecule has 2 N–H and O–H groups in total. The van der Waals surface area contributed by atoms with Crippen LogP contribution in [0.1, 0.15) is 0 Å². The Morgan fingerprint density at radius 3 is 2.63 bits per heavy atom. The van der Waals surface area contributed by atoms with Crippen LogP contribution in [0.5, 0.6) is 5.75 Å². The van der Waals surface area contributed by atoms with Crippen LogP contribution in [0.2, 0.25) is 0 Å². The molecule has 1 aromatic heterocycles. The lowest BCUT2D eigenvalue weighted by Gasteiger charge is -2.22. The lowest BCUT2D eigenvalue weighted by atomic mass is 10.3. The average Bonchev–Trinajstić information content (AvgIpc) is 2.69. The number of likely N-dealkylation sites (N-methyl/N-ethyl adjacent to an activating group) is 1. The Bertz CT molecular complexity index is 813. The third-order valence-electron chi connectivity index (χ3n) is 3.66. The molecule has 0 saturated carbocycles. The molecule has 27 heavy (non-hydrogen) atoms. The first-order valence-electron chi connectivity index (χ1n) is 8.52. The van der Waals surface area contributed by atoms with Gasteiger partial charge in [0.15, 0.2) is 5.96 Å². The van der Waals surface area contributed by atoms with Gasteiger partial charge in [0.2, 0.25) is 10.0 Å². The summed E-state index contributed by atoms with van der Waals surface area (Å²) < 4.78 is 32.4. The van der Waals surface area contributed by atoms with Crippen molar-refractivity contribution in [1.82, 2.24) is 19.9 Å². The van der Waals surface area contributed by atoms with Gasteiger partial charge < -0.3 is 15.0 Å². The summed E-state index contributed by atoms with van der Waals surface area (Å²) >= 11 is 0. The number of benzene rings is 1. The summed E-state index contributed by atoms with van der Waals surface area (Å²) in [4.78, 5) is 10.1. The number of hydrogen-bond acceptors (Lipinski definition) is 5. The second kappa shape index (κ2) is 10.5. The highest BCUT2D eigenvalue weighted by Gasteiger charge is 2.13. The zero-order chi connectivity index (χ0) is 19.5. The molecule has 8 nitrogen and oxygen atoms in total. The van der Waals surface area contributed by atoms with Gasteiger partial charge in [0.25, 0.3) is 0 Å². The smallest absolute Gasteiger partial charge is 0.242 e. The van der Waals surface area contributed by atoms with E-state index in [1.807, 2.05) is 42.3 Å². The Labute approximate surface area is 160 Å². The van der Waals surface area contributed by atoms with E-state index in [2.05, 4.69) is 20.0 Å².